The average Bonchev–Trinajstić information content (AvgIpc) is 3.34. The molecule has 1 aliphatic carbocycles. The van der Waals surface area contributed by atoms with Gasteiger partial charge < -0.3 is 29.2 Å². The number of methoxy groups -OCH3 is 2. The van der Waals surface area contributed by atoms with Crippen molar-refractivity contribution in [2.75, 3.05) is 20.8 Å². The third-order valence-electron chi connectivity index (χ3n) is 8.32. The van der Waals surface area contributed by atoms with E-state index in [9.17, 15) is 14.4 Å². The smallest absolute Gasteiger partial charge is 0.408 e. The van der Waals surface area contributed by atoms with Crippen molar-refractivity contribution in [1.29, 1.82) is 0 Å². The molecule has 6 rings (SSSR count). The molecule has 1 saturated heterocycles. The molecule has 2 amide bonds. The number of nitrogens with zero attached hydrogens (tertiary/aromatic N) is 3. The number of esters is 1. The number of hydrogen-bond acceptors (Lipinski definition) is 9. The molecule has 4 heterocycles. The van der Waals surface area contributed by atoms with Crippen LogP contribution in [0, 0.1) is 11.3 Å². The van der Waals surface area contributed by atoms with Gasteiger partial charge in [0.1, 0.15) is 35.7 Å². The van der Waals surface area contributed by atoms with E-state index in [2.05, 4.69) is 5.32 Å². The molecule has 11 heteroatoms. The molecule has 2 fully saturated rings. The lowest BCUT2D eigenvalue weighted by Crippen LogP contribution is -2.57. The number of aromatic nitrogens is 2. The number of aryl methyl sites for hydroxylation is 1. The molecule has 1 aromatic heterocycles. The molecule has 1 N–H and O–H groups in total. The number of carbonyl (C=O) groups excluding carboxylic acids is 3. The minimum atomic E-state index is -0.917. The number of alkyl carbamates (subject to hydrolysis) is 1. The first-order valence-electron chi connectivity index (χ1n) is 14.4. The Morgan fingerprint density at radius 1 is 1.02 bits per heavy atom. The van der Waals surface area contributed by atoms with Gasteiger partial charge in [-0.1, -0.05) is 33.6 Å². The van der Waals surface area contributed by atoms with E-state index >= 15 is 0 Å². The van der Waals surface area contributed by atoms with Gasteiger partial charge in [0.2, 0.25) is 11.8 Å². The molecule has 41 heavy (non-hydrogen) atoms. The predicted molar refractivity (Wildman–Crippen MR) is 150 cm³/mol. The summed E-state index contributed by atoms with van der Waals surface area (Å²) < 4.78 is 22.5. The Bertz CT molecular complexity index is 1300. The highest BCUT2D eigenvalue weighted by atomic mass is 16.6. The van der Waals surface area contributed by atoms with Gasteiger partial charge in [0.25, 0.3) is 0 Å². The topological polar surface area (TPSA) is 129 Å². The molecule has 11 nitrogen and oxygen atoms in total. The third kappa shape index (κ3) is 6.33. The first-order chi connectivity index (χ1) is 19.5. The van der Waals surface area contributed by atoms with Gasteiger partial charge in [-0.25, -0.2) is 19.6 Å². The van der Waals surface area contributed by atoms with Crippen LogP contribution in [0.1, 0.15) is 65.0 Å². The highest BCUT2D eigenvalue weighted by Gasteiger charge is 2.47. The zero-order chi connectivity index (χ0) is 29.3. The molecule has 0 radical (unpaired) electrons. The number of rotatable bonds is 2. The lowest BCUT2D eigenvalue weighted by atomic mass is 9.79. The van der Waals surface area contributed by atoms with E-state index in [1.807, 2.05) is 39.0 Å². The maximum atomic E-state index is 14.0. The molecule has 3 atom stereocenters. The van der Waals surface area contributed by atoms with Crippen molar-refractivity contribution in [3.63, 3.8) is 0 Å². The Morgan fingerprint density at radius 2 is 1.80 bits per heavy atom. The fourth-order valence-electron chi connectivity index (χ4n) is 5.93. The number of hydrogen-bond donors (Lipinski definition) is 1. The molecular weight excluding hydrogens is 528 g/mol. The standard InChI is InChI=1S/C30H40N4O7/c1-30(2,3)25-27(35)34-16-20(15-24(34)28(36)39-5)40-26-22(31-21-11-10-18(38-4)14-23(21)32-26)9-7-6-8-17-12-19(13-17)41-29(37)33-25/h10-11,14,17,19-20,24-25H,6-9,12-13,15-16H2,1-5H3,(H,33,37). The molecule has 3 unspecified atom stereocenters. The van der Waals surface area contributed by atoms with Crippen molar-refractivity contribution in [2.45, 2.75) is 90.0 Å². The minimum absolute atomic E-state index is 0.128. The SMILES string of the molecule is COC(=O)C1CC2CN1C(=O)C(C(C)(C)C)NC(=O)OC1CC(CCCCc3nc4ccc(OC)cc4nc3O2)C1. The zero-order valence-electron chi connectivity index (χ0n) is 24.5. The van der Waals surface area contributed by atoms with Crippen LogP contribution in [-0.4, -0.2) is 77.9 Å². The number of fused-ring (bicyclic) bond motifs is 8. The second-order valence-corrected chi connectivity index (χ2v) is 12.4. The van der Waals surface area contributed by atoms with Crippen LogP contribution in [0.3, 0.4) is 0 Å². The number of nitrogens with one attached hydrogen (secondary N) is 1. The van der Waals surface area contributed by atoms with Crippen LogP contribution in [0.25, 0.3) is 11.0 Å². The number of amides is 2. The molecule has 4 aliphatic rings. The van der Waals surface area contributed by atoms with Crippen molar-refractivity contribution in [1.82, 2.24) is 20.2 Å². The van der Waals surface area contributed by atoms with E-state index in [1.54, 1.807) is 7.11 Å². The van der Waals surface area contributed by atoms with Crippen LogP contribution >= 0.6 is 0 Å². The minimum Gasteiger partial charge on any atom is -0.497 e. The second kappa shape index (κ2) is 11.7. The van der Waals surface area contributed by atoms with E-state index in [4.69, 9.17) is 28.9 Å². The van der Waals surface area contributed by atoms with E-state index in [0.717, 1.165) is 43.3 Å². The number of benzene rings is 1. The molecule has 4 bridgehead atoms. The lowest BCUT2D eigenvalue weighted by molar-refractivity contribution is -0.152. The second-order valence-electron chi connectivity index (χ2n) is 12.4. The van der Waals surface area contributed by atoms with Gasteiger partial charge in [-0.2, -0.15) is 0 Å². The maximum absolute atomic E-state index is 14.0. The zero-order valence-corrected chi connectivity index (χ0v) is 24.5. The normalized spacial score (nSPS) is 27.3. The van der Waals surface area contributed by atoms with Crippen molar-refractivity contribution in [3.05, 3.63) is 23.9 Å². The van der Waals surface area contributed by atoms with Crippen LogP contribution in [0.15, 0.2) is 18.2 Å². The van der Waals surface area contributed by atoms with Crippen molar-refractivity contribution in [2.24, 2.45) is 11.3 Å². The Labute approximate surface area is 240 Å². The van der Waals surface area contributed by atoms with Crippen molar-refractivity contribution in [3.8, 4) is 11.6 Å². The van der Waals surface area contributed by atoms with Gasteiger partial charge in [0, 0.05) is 12.5 Å². The molecule has 0 spiro atoms. The number of ether oxygens (including phenoxy) is 4. The summed E-state index contributed by atoms with van der Waals surface area (Å²) in [5, 5.41) is 2.79. The molecule has 2 aromatic rings. The fourth-order valence-corrected chi connectivity index (χ4v) is 5.93. The highest BCUT2D eigenvalue weighted by molar-refractivity contribution is 5.91. The highest BCUT2D eigenvalue weighted by Crippen LogP contribution is 2.35. The van der Waals surface area contributed by atoms with E-state index < -0.39 is 41.6 Å². The van der Waals surface area contributed by atoms with Crippen LogP contribution < -0.4 is 14.8 Å². The summed E-state index contributed by atoms with van der Waals surface area (Å²) in [7, 11) is 2.89. The maximum Gasteiger partial charge on any atom is 0.408 e. The van der Waals surface area contributed by atoms with Crippen molar-refractivity contribution < 1.29 is 33.3 Å². The van der Waals surface area contributed by atoms with E-state index in [-0.39, 0.29) is 19.1 Å². The summed E-state index contributed by atoms with van der Waals surface area (Å²) in [5.74, 6) is 0.625. The summed E-state index contributed by atoms with van der Waals surface area (Å²) in [5.41, 5.74) is 1.48. The first kappa shape index (κ1) is 28.9. The lowest BCUT2D eigenvalue weighted by Gasteiger charge is -2.37. The van der Waals surface area contributed by atoms with Crippen LogP contribution in [0.5, 0.6) is 11.6 Å². The third-order valence-corrected chi connectivity index (χ3v) is 8.32. The monoisotopic (exact) mass is 568 g/mol. The molecule has 3 aliphatic heterocycles. The molecule has 1 saturated carbocycles. The predicted octanol–water partition coefficient (Wildman–Crippen LogP) is 3.81. The van der Waals surface area contributed by atoms with E-state index in [1.165, 1.54) is 12.0 Å². The Kier molecular flexibility index (Phi) is 8.24. The molecular formula is C30H40N4O7. The van der Waals surface area contributed by atoms with Gasteiger partial charge in [0.05, 0.1) is 31.8 Å². The van der Waals surface area contributed by atoms with Crippen LogP contribution in [0.4, 0.5) is 4.79 Å². The Balaban J connectivity index is 1.49. The number of carbonyl (C=O) groups is 3. The summed E-state index contributed by atoms with van der Waals surface area (Å²) in [6.07, 6.45) is 4.18. The van der Waals surface area contributed by atoms with Gasteiger partial charge in [-0.3, -0.25) is 4.79 Å². The Morgan fingerprint density at radius 3 is 2.51 bits per heavy atom. The summed E-state index contributed by atoms with van der Waals surface area (Å²) >= 11 is 0. The quantitative estimate of drug-likeness (QED) is 0.538. The Hall–Kier alpha value is -3.63. The van der Waals surface area contributed by atoms with E-state index in [0.29, 0.717) is 29.5 Å². The fraction of sp³-hybridized carbons (Fsp3) is 0.633. The van der Waals surface area contributed by atoms with Gasteiger partial charge in [-0.05, 0) is 49.1 Å². The first-order valence-corrected chi connectivity index (χ1v) is 14.4. The summed E-state index contributed by atoms with van der Waals surface area (Å²) in [6, 6.07) is 3.76. The summed E-state index contributed by atoms with van der Waals surface area (Å²) in [6.45, 7) is 5.72. The van der Waals surface area contributed by atoms with Gasteiger partial charge >= 0.3 is 12.1 Å². The van der Waals surface area contributed by atoms with Crippen molar-refractivity contribution >= 4 is 29.0 Å². The molecule has 222 valence electrons. The van der Waals surface area contributed by atoms with Crippen LogP contribution in [-0.2, 0) is 25.5 Å². The summed E-state index contributed by atoms with van der Waals surface area (Å²) in [4.78, 5) is 50.8. The molecule has 1 aromatic carbocycles. The van der Waals surface area contributed by atoms with Crippen LogP contribution in [0.2, 0.25) is 0 Å². The van der Waals surface area contributed by atoms with Gasteiger partial charge in [0.15, 0.2) is 0 Å². The van der Waals surface area contributed by atoms with Gasteiger partial charge in [-0.15, -0.1) is 0 Å². The largest absolute Gasteiger partial charge is 0.497 e. The average molecular weight is 569 g/mol.